The van der Waals surface area contributed by atoms with Gasteiger partial charge in [-0.05, 0) is 48.9 Å². The Bertz CT molecular complexity index is 773. The number of rotatable bonds is 15. The fourth-order valence-corrected chi connectivity index (χ4v) is 4.27. The normalized spacial score (nSPS) is 18.2. The van der Waals surface area contributed by atoms with E-state index in [0.717, 1.165) is 44.0 Å². The fraction of sp³-hybridized carbons (Fsp3) is 0.533. The molecular formula is C30H42O3. The summed E-state index contributed by atoms with van der Waals surface area (Å²) < 4.78 is 17.9. The standard InChI is InChI=1S/C30H42O3/c1-3-5-7-9-10-11-13-25-23-32-30(33-24-25)28-16-14-26(15-17-28)27-18-20-29(21-19-27)31-22-12-8-6-4-2/h3,14-21,25,30H,1,4-13,22-24H2,2H3/t25-,30-. The van der Waals surface area contributed by atoms with Crippen LogP contribution in [0.3, 0.4) is 0 Å². The van der Waals surface area contributed by atoms with Gasteiger partial charge < -0.3 is 14.2 Å². The van der Waals surface area contributed by atoms with Gasteiger partial charge in [-0.2, -0.15) is 0 Å². The lowest BCUT2D eigenvalue weighted by Crippen LogP contribution is -2.27. The lowest BCUT2D eigenvalue weighted by molar-refractivity contribution is -0.206. The summed E-state index contributed by atoms with van der Waals surface area (Å²) in [5, 5.41) is 0. The van der Waals surface area contributed by atoms with E-state index in [-0.39, 0.29) is 6.29 Å². The van der Waals surface area contributed by atoms with Crippen molar-refractivity contribution in [1.29, 1.82) is 0 Å². The van der Waals surface area contributed by atoms with Crippen molar-refractivity contribution in [2.24, 2.45) is 5.92 Å². The highest BCUT2D eigenvalue weighted by Gasteiger charge is 2.23. The van der Waals surface area contributed by atoms with Gasteiger partial charge in [-0.25, -0.2) is 0 Å². The summed E-state index contributed by atoms with van der Waals surface area (Å²) in [4.78, 5) is 0. The van der Waals surface area contributed by atoms with Crippen molar-refractivity contribution in [3.05, 3.63) is 66.7 Å². The quantitative estimate of drug-likeness (QED) is 0.201. The second-order valence-corrected chi connectivity index (χ2v) is 9.20. The van der Waals surface area contributed by atoms with Gasteiger partial charge in [0.05, 0.1) is 19.8 Å². The molecule has 1 saturated heterocycles. The molecule has 2 aromatic rings. The molecule has 0 radical (unpaired) electrons. The summed E-state index contributed by atoms with van der Waals surface area (Å²) in [6, 6.07) is 16.9. The molecule has 0 N–H and O–H groups in total. The average Bonchev–Trinajstić information content (AvgIpc) is 2.87. The molecule has 1 aliphatic rings. The molecule has 1 fully saturated rings. The topological polar surface area (TPSA) is 27.7 Å². The number of hydrogen-bond donors (Lipinski definition) is 0. The van der Waals surface area contributed by atoms with Gasteiger partial charge in [0.2, 0.25) is 0 Å². The van der Waals surface area contributed by atoms with Crippen LogP contribution in [0.2, 0.25) is 0 Å². The van der Waals surface area contributed by atoms with Crippen LogP contribution in [0.5, 0.6) is 5.75 Å². The second-order valence-electron chi connectivity index (χ2n) is 9.20. The van der Waals surface area contributed by atoms with Gasteiger partial charge in [-0.3, -0.25) is 0 Å². The minimum atomic E-state index is -0.244. The summed E-state index contributed by atoms with van der Waals surface area (Å²) in [5.41, 5.74) is 3.48. The molecule has 180 valence electrons. The van der Waals surface area contributed by atoms with Gasteiger partial charge in [0, 0.05) is 11.5 Å². The highest BCUT2D eigenvalue weighted by atomic mass is 16.7. The van der Waals surface area contributed by atoms with Gasteiger partial charge in [0.25, 0.3) is 0 Å². The van der Waals surface area contributed by atoms with E-state index in [4.69, 9.17) is 14.2 Å². The number of allylic oxidation sites excluding steroid dienone is 1. The van der Waals surface area contributed by atoms with E-state index in [2.05, 4.69) is 62.0 Å². The average molecular weight is 451 g/mol. The lowest BCUT2D eigenvalue weighted by atomic mass is 10.0. The predicted octanol–water partition coefficient (Wildman–Crippen LogP) is 8.50. The molecule has 33 heavy (non-hydrogen) atoms. The minimum Gasteiger partial charge on any atom is -0.494 e. The van der Waals surface area contributed by atoms with Crippen LogP contribution < -0.4 is 4.74 Å². The molecule has 0 spiro atoms. The first-order chi connectivity index (χ1) is 16.3. The van der Waals surface area contributed by atoms with Crippen LogP contribution >= 0.6 is 0 Å². The van der Waals surface area contributed by atoms with Crippen LogP contribution in [0.4, 0.5) is 0 Å². The Balaban J connectivity index is 1.39. The van der Waals surface area contributed by atoms with Crippen LogP contribution in [-0.4, -0.2) is 19.8 Å². The Kier molecular flexibility index (Phi) is 11.5. The summed E-state index contributed by atoms with van der Waals surface area (Å²) in [7, 11) is 0. The monoisotopic (exact) mass is 450 g/mol. The maximum absolute atomic E-state index is 6.04. The molecule has 0 bridgehead atoms. The zero-order valence-electron chi connectivity index (χ0n) is 20.5. The van der Waals surface area contributed by atoms with Crippen LogP contribution in [0.1, 0.15) is 83.0 Å². The maximum Gasteiger partial charge on any atom is 0.183 e. The first-order valence-corrected chi connectivity index (χ1v) is 13.0. The smallest absolute Gasteiger partial charge is 0.183 e. The Labute approximate surface area is 201 Å². The second kappa shape index (κ2) is 14.9. The number of benzene rings is 2. The van der Waals surface area contributed by atoms with Crippen molar-refractivity contribution in [3.63, 3.8) is 0 Å². The van der Waals surface area contributed by atoms with Crippen LogP contribution in [0, 0.1) is 5.92 Å². The molecule has 0 unspecified atom stereocenters. The molecule has 3 nitrogen and oxygen atoms in total. The minimum absolute atomic E-state index is 0.244. The summed E-state index contributed by atoms with van der Waals surface area (Å²) >= 11 is 0. The van der Waals surface area contributed by atoms with Crippen LogP contribution in [0.15, 0.2) is 61.2 Å². The Morgan fingerprint density at radius 3 is 2.12 bits per heavy atom. The lowest BCUT2D eigenvalue weighted by Gasteiger charge is -2.29. The zero-order chi connectivity index (χ0) is 23.1. The van der Waals surface area contributed by atoms with Gasteiger partial charge in [0.1, 0.15) is 5.75 Å². The van der Waals surface area contributed by atoms with Gasteiger partial charge in [0.15, 0.2) is 6.29 Å². The van der Waals surface area contributed by atoms with Crippen molar-refractivity contribution in [1.82, 2.24) is 0 Å². The maximum atomic E-state index is 6.04. The summed E-state index contributed by atoms with van der Waals surface area (Å²) in [6.45, 7) is 8.39. The molecule has 1 aliphatic heterocycles. The van der Waals surface area contributed by atoms with E-state index >= 15 is 0 Å². The van der Waals surface area contributed by atoms with Crippen molar-refractivity contribution in [2.45, 2.75) is 77.4 Å². The van der Waals surface area contributed by atoms with Crippen molar-refractivity contribution < 1.29 is 14.2 Å². The van der Waals surface area contributed by atoms with Crippen molar-refractivity contribution in [2.75, 3.05) is 19.8 Å². The predicted molar refractivity (Wildman–Crippen MR) is 138 cm³/mol. The number of hydrogen-bond acceptors (Lipinski definition) is 3. The molecule has 3 rings (SSSR count). The van der Waals surface area contributed by atoms with Crippen LogP contribution in [0.25, 0.3) is 11.1 Å². The molecular weight excluding hydrogens is 408 g/mol. The van der Waals surface area contributed by atoms with Gasteiger partial charge in [-0.1, -0.05) is 87.9 Å². The molecule has 1 heterocycles. The van der Waals surface area contributed by atoms with Gasteiger partial charge in [-0.15, -0.1) is 6.58 Å². The molecule has 2 aromatic carbocycles. The highest BCUT2D eigenvalue weighted by molar-refractivity contribution is 5.64. The third kappa shape index (κ3) is 8.98. The Hall–Kier alpha value is -2.10. The summed E-state index contributed by atoms with van der Waals surface area (Å²) in [6.07, 6.45) is 14.1. The molecule has 0 amide bonds. The fourth-order valence-electron chi connectivity index (χ4n) is 4.27. The SMILES string of the molecule is C=CCCCCCC[C@H]1CO[C@H](c2ccc(-c3ccc(OCCCCCC)cc3)cc2)OC1. The molecule has 0 aromatic heterocycles. The van der Waals surface area contributed by atoms with Gasteiger partial charge >= 0.3 is 0 Å². The molecule has 3 heteroatoms. The molecule has 0 aliphatic carbocycles. The Morgan fingerprint density at radius 2 is 1.45 bits per heavy atom. The van der Waals surface area contributed by atoms with E-state index in [1.165, 1.54) is 62.5 Å². The number of ether oxygens (including phenoxy) is 3. The van der Waals surface area contributed by atoms with Crippen molar-refractivity contribution >= 4 is 0 Å². The largest absolute Gasteiger partial charge is 0.494 e. The first kappa shape index (κ1) is 25.5. The third-order valence-corrected chi connectivity index (χ3v) is 6.37. The zero-order valence-corrected chi connectivity index (χ0v) is 20.5. The third-order valence-electron chi connectivity index (χ3n) is 6.37. The summed E-state index contributed by atoms with van der Waals surface area (Å²) in [5.74, 6) is 1.47. The van der Waals surface area contributed by atoms with E-state index in [1.807, 2.05) is 6.08 Å². The first-order valence-electron chi connectivity index (χ1n) is 13.0. The number of unbranched alkanes of at least 4 members (excludes halogenated alkanes) is 7. The van der Waals surface area contributed by atoms with E-state index < -0.39 is 0 Å². The van der Waals surface area contributed by atoms with Crippen molar-refractivity contribution in [3.8, 4) is 16.9 Å². The molecule has 0 saturated carbocycles. The Morgan fingerprint density at radius 1 is 0.818 bits per heavy atom. The molecule has 0 atom stereocenters. The highest BCUT2D eigenvalue weighted by Crippen LogP contribution is 2.30. The van der Waals surface area contributed by atoms with E-state index in [1.54, 1.807) is 0 Å². The van der Waals surface area contributed by atoms with Crippen LogP contribution in [-0.2, 0) is 9.47 Å². The van der Waals surface area contributed by atoms with E-state index in [0.29, 0.717) is 5.92 Å². The van der Waals surface area contributed by atoms with E-state index in [9.17, 15) is 0 Å².